The van der Waals surface area contributed by atoms with Gasteiger partial charge in [-0.25, -0.2) is 0 Å². The summed E-state index contributed by atoms with van der Waals surface area (Å²) in [5, 5.41) is 3.13. The molecule has 1 heterocycles. The molecule has 2 aromatic carbocycles. The molecule has 164 valence electrons. The second-order valence-electron chi connectivity index (χ2n) is 10.2. The first-order chi connectivity index (χ1) is 14.9. The lowest BCUT2D eigenvalue weighted by Crippen LogP contribution is -2.58. The summed E-state index contributed by atoms with van der Waals surface area (Å²) in [4.78, 5) is 15.7. The Morgan fingerprint density at radius 1 is 1.23 bits per heavy atom. The molecule has 0 unspecified atom stereocenters. The van der Waals surface area contributed by atoms with Crippen molar-refractivity contribution in [1.82, 2.24) is 10.2 Å². The molecule has 31 heavy (non-hydrogen) atoms. The Bertz CT molecular complexity index is 985. The molecule has 1 saturated carbocycles. The van der Waals surface area contributed by atoms with E-state index in [9.17, 15) is 4.79 Å². The summed E-state index contributed by atoms with van der Waals surface area (Å²) in [6, 6.07) is 15.4. The maximum atomic E-state index is 12.9. The van der Waals surface area contributed by atoms with Gasteiger partial charge in [0.1, 0.15) is 0 Å². The number of piperidine rings is 1. The number of halogens is 1. The van der Waals surface area contributed by atoms with Gasteiger partial charge in [0.15, 0.2) is 0 Å². The predicted molar refractivity (Wildman–Crippen MR) is 130 cm³/mol. The van der Waals surface area contributed by atoms with Crippen molar-refractivity contribution in [3.8, 4) is 0 Å². The minimum atomic E-state index is 0.0438. The first kappa shape index (κ1) is 21.2. The van der Waals surface area contributed by atoms with E-state index in [0.29, 0.717) is 18.5 Å². The molecule has 1 amide bonds. The third-order valence-electron chi connectivity index (χ3n) is 8.16. The number of fused-ring (bicyclic) bond motifs is 4. The Morgan fingerprint density at radius 2 is 2.06 bits per heavy atom. The molecule has 0 radical (unpaired) electrons. The van der Waals surface area contributed by atoms with E-state index in [0.717, 1.165) is 28.8 Å². The summed E-state index contributed by atoms with van der Waals surface area (Å²) in [6.45, 7) is 8.02. The largest absolute Gasteiger partial charge is 0.352 e. The first-order valence-corrected chi connectivity index (χ1v) is 12.6. The number of nitrogens with one attached hydrogen (secondary N) is 1. The van der Waals surface area contributed by atoms with Crippen molar-refractivity contribution in [2.24, 2.45) is 11.8 Å². The standard InChI is InChI=1S/C27H33BrN2O/c1-18-25-16-21-8-9-22(26(31)29-12-10-19-4-3-5-23(28)14-19)15-24(21)27(18,2)11-13-30(25)17-20-6-7-20/h3-5,8-9,14-15,18,20,25H,6-7,10-13,16-17H2,1-2H3,(H,29,31)/t18-,25-,27-/m1/s1. The van der Waals surface area contributed by atoms with Crippen LogP contribution in [0.15, 0.2) is 46.9 Å². The van der Waals surface area contributed by atoms with Crippen molar-refractivity contribution in [2.75, 3.05) is 19.6 Å². The fourth-order valence-corrected chi connectivity index (χ4v) is 6.27. The van der Waals surface area contributed by atoms with Crippen molar-refractivity contribution in [1.29, 1.82) is 0 Å². The monoisotopic (exact) mass is 480 g/mol. The number of hydrogen-bond acceptors (Lipinski definition) is 2. The highest BCUT2D eigenvalue weighted by molar-refractivity contribution is 9.10. The summed E-state index contributed by atoms with van der Waals surface area (Å²) >= 11 is 3.51. The molecule has 3 nitrogen and oxygen atoms in total. The summed E-state index contributed by atoms with van der Waals surface area (Å²) in [5.74, 6) is 1.62. The van der Waals surface area contributed by atoms with E-state index >= 15 is 0 Å². The molecule has 2 fully saturated rings. The van der Waals surface area contributed by atoms with Gasteiger partial charge in [0, 0.05) is 29.2 Å². The summed E-state index contributed by atoms with van der Waals surface area (Å²) in [5.41, 5.74) is 5.08. The average Bonchev–Trinajstić information content (AvgIpc) is 3.57. The predicted octanol–water partition coefficient (Wildman–Crippen LogP) is 5.36. The molecule has 4 heteroatoms. The lowest BCUT2D eigenvalue weighted by molar-refractivity contribution is 0.0284. The molecule has 3 aliphatic rings. The van der Waals surface area contributed by atoms with Crippen molar-refractivity contribution in [3.05, 3.63) is 69.2 Å². The topological polar surface area (TPSA) is 32.3 Å². The average molecular weight is 481 g/mol. The van der Waals surface area contributed by atoms with Gasteiger partial charge in [-0.15, -0.1) is 0 Å². The van der Waals surface area contributed by atoms with Crippen LogP contribution >= 0.6 is 15.9 Å². The Hall–Kier alpha value is -1.65. The Labute approximate surface area is 194 Å². The lowest BCUT2D eigenvalue weighted by Gasteiger charge is -2.55. The van der Waals surface area contributed by atoms with Crippen molar-refractivity contribution in [3.63, 3.8) is 0 Å². The van der Waals surface area contributed by atoms with Crippen LogP contribution in [0.1, 0.15) is 60.2 Å². The van der Waals surface area contributed by atoms with Crippen LogP contribution in [-0.4, -0.2) is 36.5 Å². The zero-order valence-corrected chi connectivity index (χ0v) is 20.2. The van der Waals surface area contributed by atoms with E-state index in [1.54, 1.807) is 0 Å². The van der Waals surface area contributed by atoms with Crippen LogP contribution in [-0.2, 0) is 18.3 Å². The van der Waals surface area contributed by atoms with E-state index in [1.165, 1.54) is 49.0 Å². The Balaban J connectivity index is 1.29. The number of carbonyl (C=O) groups is 1. The van der Waals surface area contributed by atoms with Gasteiger partial charge >= 0.3 is 0 Å². The van der Waals surface area contributed by atoms with Gasteiger partial charge in [0.2, 0.25) is 0 Å². The lowest BCUT2D eigenvalue weighted by atomic mass is 9.59. The van der Waals surface area contributed by atoms with Crippen LogP contribution in [0.2, 0.25) is 0 Å². The molecule has 5 rings (SSSR count). The SMILES string of the molecule is C[C@@H]1[C@H]2Cc3ccc(C(=O)NCCc4cccc(Br)c4)cc3[C@]1(C)CCN2CC1CC1. The second kappa shape index (κ2) is 8.37. The van der Waals surface area contributed by atoms with Gasteiger partial charge in [-0.2, -0.15) is 0 Å². The van der Waals surface area contributed by atoms with Crippen molar-refractivity contribution >= 4 is 21.8 Å². The van der Waals surface area contributed by atoms with Crippen LogP contribution in [0.5, 0.6) is 0 Å². The fourth-order valence-electron chi connectivity index (χ4n) is 5.82. The third-order valence-corrected chi connectivity index (χ3v) is 8.66. The van der Waals surface area contributed by atoms with Gasteiger partial charge < -0.3 is 5.32 Å². The minimum Gasteiger partial charge on any atom is -0.352 e. The zero-order valence-electron chi connectivity index (χ0n) is 18.7. The van der Waals surface area contributed by atoms with Crippen LogP contribution in [0.25, 0.3) is 0 Å². The quantitative estimate of drug-likeness (QED) is 0.603. The maximum absolute atomic E-state index is 12.9. The molecular formula is C27H33BrN2O. The van der Waals surface area contributed by atoms with E-state index in [4.69, 9.17) is 0 Å². The van der Waals surface area contributed by atoms with Gasteiger partial charge in [0.05, 0.1) is 0 Å². The highest BCUT2D eigenvalue weighted by atomic mass is 79.9. The number of carbonyl (C=O) groups excluding carboxylic acids is 1. The van der Waals surface area contributed by atoms with E-state index in [2.05, 4.69) is 64.3 Å². The fraction of sp³-hybridized carbons (Fsp3) is 0.519. The van der Waals surface area contributed by atoms with E-state index < -0.39 is 0 Å². The number of benzene rings is 2. The van der Waals surface area contributed by atoms with Gasteiger partial charge in [-0.3, -0.25) is 9.69 Å². The number of rotatable bonds is 6. The molecule has 0 aromatic heterocycles. The number of likely N-dealkylation sites (tertiary alicyclic amines) is 1. The number of nitrogens with zero attached hydrogens (tertiary/aromatic N) is 1. The number of amides is 1. The zero-order chi connectivity index (χ0) is 21.6. The van der Waals surface area contributed by atoms with E-state index in [-0.39, 0.29) is 11.3 Å². The molecule has 1 saturated heterocycles. The summed E-state index contributed by atoms with van der Waals surface area (Å²) in [7, 11) is 0. The Kier molecular flexibility index (Phi) is 5.72. The van der Waals surface area contributed by atoms with Crippen LogP contribution < -0.4 is 5.32 Å². The second-order valence-corrected chi connectivity index (χ2v) is 11.1. The third kappa shape index (κ3) is 4.21. The molecule has 1 aliphatic heterocycles. The number of hydrogen-bond donors (Lipinski definition) is 1. The highest BCUT2D eigenvalue weighted by Gasteiger charge is 2.49. The van der Waals surface area contributed by atoms with Crippen LogP contribution in [0.4, 0.5) is 0 Å². The van der Waals surface area contributed by atoms with Crippen molar-refractivity contribution < 1.29 is 4.79 Å². The molecule has 2 aromatic rings. The minimum absolute atomic E-state index is 0.0438. The molecule has 2 bridgehead atoms. The normalized spacial score (nSPS) is 27.6. The Morgan fingerprint density at radius 3 is 2.84 bits per heavy atom. The molecule has 0 spiro atoms. The highest BCUT2D eigenvalue weighted by Crippen LogP contribution is 2.49. The molecule has 3 atom stereocenters. The van der Waals surface area contributed by atoms with Gasteiger partial charge in [-0.1, -0.05) is 48.0 Å². The summed E-state index contributed by atoms with van der Waals surface area (Å²) in [6.07, 6.45) is 6.00. The van der Waals surface area contributed by atoms with Crippen LogP contribution in [0, 0.1) is 11.8 Å². The molecule has 1 N–H and O–H groups in total. The first-order valence-electron chi connectivity index (χ1n) is 11.8. The van der Waals surface area contributed by atoms with E-state index in [1.807, 2.05) is 18.2 Å². The summed E-state index contributed by atoms with van der Waals surface area (Å²) < 4.78 is 1.08. The van der Waals surface area contributed by atoms with Gasteiger partial charge in [-0.05, 0) is 96.9 Å². The smallest absolute Gasteiger partial charge is 0.251 e. The maximum Gasteiger partial charge on any atom is 0.251 e. The van der Waals surface area contributed by atoms with Crippen molar-refractivity contribution in [2.45, 2.75) is 57.4 Å². The van der Waals surface area contributed by atoms with Crippen LogP contribution in [0.3, 0.4) is 0 Å². The molecular weight excluding hydrogens is 448 g/mol. The van der Waals surface area contributed by atoms with Gasteiger partial charge in [0.25, 0.3) is 5.91 Å². The molecule has 2 aliphatic carbocycles.